The summed E-state index contributed by atoms with van der Waals surface area (Å²) in [5.74, 6) is -2.41. The van der Waals surface area contributed by atoms with Gasteiger partial charge in [-0.25, -0.2) is 19.4 Å². The maximum Gasteiger partial charge on any atom is 0.421 e. The van der Waals surface area contributed by atoms with Crippen LogP contribution in [0.4, 0.5) is 0 Å². The van der Waals surface area contributed by atoms with Crippen molar-refractivity contribution in [1.29, 1.82) is 0 Å². The third-order valence-electron chi connectivity index (χ3n) is 7.65. The Morgan fingerprint density at radius 1 is 0.535 bits per heavy atom. The van der Waals surface area contributed by atoms with Crippen LogP contribution in [0.1, 0.15) is 174 Å². The van der Waals surface area contributed by atoms with Crippen LogP contribution in [0.3, 0.4) is 0 Å². The van der Waals surface area contributed by atoms with Gasteiger partial charge in [0.15, 0.2) is 0 Å². The lowest BCUT2D eigenvalue weighted by molar-refractivity contribution is -0.256. The van der Waals surface area contributed by atoms with E-state index in [1.54, 1.807) is 0 Å². The van der Waals surface area contributed by atoms with Crippen LogP contribution < -0.4 is 0 Å². The normalized spacial score (nSPS) is 13.0. The molecule has 0 amide bonds. The number of hydrogen-bond donors (Lipinski definition) is 2. The summed E-state index contributed by atoms with van der Waals surface area (Å²) in [5, 5.41) is 19.9. The third-order valence-corrected chi connectivity index (χ3v) is 7.65. The smallest absolute Gasteiger partial charge is 0.393 e. The van der Waals surface area contributed by atoms with Gasteiger partial charge in [-0.1, -0.05) is 122 Å². The van der Waals surface area contributed by atoms with E-state index in [0.717, 1.165) is 89.9 Å². The molecule has 0 aliphatic carbocycles. The average Bonchev–Trinajstić information content (AvgIpc) is 3.00. The highest BCUT2D eigenvalue weighted by molar-refractivity contribution is 6.33. The first kappa shape index (κ1) is 41.0. The molecule has 0 saturated heterocycles. The minimum atomic E-state index is -1.11. The number of carbonyl (C=O) groups is 3. The molecular weight excluding hydrogens is 544 g/mol. The van der Waals surface area contributed by atoms with Crippen molar-refractivity contribution in [2.45, 2.75) is 187 Å². The number of ketones is 1. The summed E-state index contributed by atoms with van der Waals surface area (Å²) < 4.78 is 0. The summed E-state index contributed by atoms with van der Waals surface area (Å²) in [6.07, 6.45) is 30.9. The SMILES string of the molecule is CCCCCCC(O)C/C=C\CCCCCCCC(=O)OOC(=O)C(=O)CCCCCC/C=C\CC(O)CCCCCC. The second-order valence-electron chi connectivity index (χ2n) is 11.9. The highest BCUT2D eigenvalue weighted by atomic mass is 17.2. The molecule has 0 aromatic carbocycles. The second kappa shape index (κ2) is 31.4. The summed E-state index contributed by atoms with van der Waals surface area (Å²) in [5.41, 5.74) is 0. The minimum Gasteiger partial charge on any atom is -0.393 e. The molecule has 0 aromatic rings. The van der Waals surface area contributed by atoms with Gasteiger partial charge in [0, 0.05) is 6.42 Å². The molecule has 2 N–H and O–H groups in total. The van der Waals surface area contributed by atoms with Crippen LogP contribution in [0.25, 0.3) is 0 Å². The topological polar surface area (TPSA) is 110 Å². The van der Waals surface area contributed by atoms with Gasteiger partial charge in [-0.3, -0.25) is 4.79 Å². The van der Waals surface area contributed by atoms with Crippen molar-refractivity contribution in [3.05, 3.63) is 24.3 Å². The van der Waals surface area contributed by atoms with Crippen LogP contribution in [-0.4, -0.2) is 40.1 Å². The standard InChI is InChI=1S/C36H64O7/c1-3-5-7-20-26-32(37)28-22-16-12-9-10-15-19-25-31-35(40)42-43-36(41)34(39)30-24-18-14-11-13-17-23-29-33(38)27-21-8-6-4-2/h16-17,22-23,32-33,37-38H,3-15,18-21,24-31H2,1-2H3/b22-16-,23-17-. The quantitative estimate of drug-likeness (QED) is 0.0275. The van der Waals surface area contributed by atoms with Crippen LogP contribution >= 0.6 is 0 Å². The fourth-order valence-electron chi connectivity index (χ4n) is 4.83. The number of aliphatic hydroxyl groups is 2. The average molecular weight is 609 g/mol. The Labute approximate surface area is 262 Å². The molecule has 0 radical (unpaired) electrons. The van der Waals surface area contributed by atoms with Gasteiger partial charge in [-0.2, -0.15) is 0 Å². The van der Waals surface area contributed by atoms with E-state index < -0.39 is 17.7 Å². The third kappa shape index (κ3) is 29.8. The Kier molecular flexibility index (Phi) is 30.0. The monoisotopic (exact) mass is 608 g/mol. The van der Waals surface area contributed by atoms with Crippen molar-refractivity contribution in [2.24, 2.45) is 0 Å². The van der Waals surface area contributed by atoms with Crippen molar-refractivity contribution >= 4 is 17.7 Å². The Morgan fingerprint density at radius 2 is 0.977 bits per heavy atom. The van der Waals surface area contributed by atoms with Crippen LogP contribution in [-0.2, 0) is 24.2 Å². The molecule has 0 heterocycles. The molecule has 0 bridgehead atoms. The molecule has 0 saturated carbocycles. The predicted molar refractivity (Wildman–Crippen MR) is 174 cm³/mol. The Balaban J connectivity index is 3.60. The summed E-state index contributed by atoms with van der Waals surface area (Å²) in [6, 6.07) is 0. The Morgan fingerprint density at radius 3 is 1.49 bits per heavy atom. The van der Waals surface area contributed by atoms with Crippen LogP contribution in [0.5, 0.6) is 0 Å². The van der Waals surface area contributed by atoms with Gasteiger partial charge in [0.05, 0.1) is 18.6 Å². The van der Waals surface area contributed by atoms with Crippen molar-refractivity contribution in [2.75, 3.05) is 0 Å². The van der Waals surface area contributed by atoms with Crippen LogP contribution in [0.15, 0.2) is 24.3 Å². The first-order valence-corrected chi connectivity index (χ1v) is 17.5. The number of hydrogen-bond acceptors (Lipinski definition) is 7. The van der Waals surface area contributed by atoms with Crippen molar-refractivity contribution in [1.82, 2.24) is 0 Å². The fraction of sp³-hybridized carbons (Fsp3) is 0.806. The van der Waals surface area contributed by atoms with Gasteiger partial charge in [0.25, 0.3) is 0 Å². The van der Waals surface area contributed by atoms with E-state index in [1.165, 1.54) is 38.5 Å². The Hall–Kier alpha value is -1.99. The van der Waals surface area contributed by atoms with Crippen molar-refractivity contribution in [3.8, 4) is 0 Å². The molecule has 43 heavy (non-hydrogen) atoms. The van der Waals surface area contributed by atoms with E-state index in [-0.39, 0.29) is 25.0 Å². The lowest BCUT2D eigenvalue weighted by Gasteiger charge is -2.07. The molecule has 2 atom stereocenters. The van der Waals surface area contributed by atoms with Gasteiger partial charge in [-0.15, -0.1) is 0 Å². The van der Waals surface area contributed by atoms with Gasteiger partial charge in [0.2, 0.25) is 5.78 Å². The lowest BCUT2D eigenvalue weighted by atomic mass is 10.1. The summed E-state index contributed by atoms with van der Waals surface area (Å²) in [6.45, 7) is 4.37. The minimum absolute atomic E-state index is 0.0886. The van der Waals surface area contributed by atoms with E-state index in [0.29, 0.717) is 19.3 Å². The lowest BCUT2D eigenvalue weighted by Crippen LogP contribution is -2.19. The summed E-state index contributed by atoms with van der Waals surface area (Å²) in [7, 11) is 0. The zero-order chi connectivity index (χ0) is 31.8. The zero-order valence-electron chi connectivity index (χ0n) is 27.6. The molecule has 0 aliphatic heterocycles. The van der Waals surface area contributed by atoms with E-state index >= 15 is 0 Å². The van der Waals surface area contributed by atoms with E-state index in [2.05, 4.69) is 47.9 Å². The molecule has 7 heteroatoms. The van der Waals surface area contributed by atoms with Crippen molar-refractivity contribution in [3.63, 3.8) is 0 Å². The van der Waals surface area contributed by atoms with E-state index in [1.807, 2.05) is 0 Å². The van der Waals surface area contributed by atoms with Gasteiger partial charge in [0.1, 0.15) is 0 Å². The number of Topliss-reactive ketones (excluding diaryl/α,β-unsaturated/α-hetero) is 1. The molecule has 0 rings (SSSR count). The highest BCUT2D eigenvalue weighted by Gasteiger charge is 2.18. The number of allylic oxidation sites excluding steroid dienone is 2. The zero-order valence-corrected chi connectivity index (χ0v) is 27.6. The van der Waals surface area contributed by atoms with Crippen LogP contribution in [0.2, 0.25) is 0 Å². The molecule has 0 spiro atoms. The first-order valence-electron chi connectivity index (χ1n) is 17.5. The summed E-state index contributed by atoms with van der Waals surface area (Å²) >= 11 is 0. The molecule has 7 nitrogen and oxygen atoms in total. The largest absolute Gasteiger partial charge is 0.421 e. The molecule has 2 unspecified atom stereocenters. The number of unbranched alkanes of at least 4 members (excludes halogenated alkanes) is 15. The van der Waals surface area contributed by atoms with Crippen LogP contribution in [0, 0.1) is 0 Å². The molecule has 0 fully saturated rings. The van der Waals surface area contributed by atoms with E-state index in [9.17, 15) is 24.6 Å². The number of carbonyl (C=O) groups excluding carboxylic acids is 3. The molecular formula is C36H64O7. The van der Waals surface area contributed by atoms with Gasteiger partial charge in [-0.05, 0) is 64.2 Å². The molecule has 0 aliphatic rings. The number of rotatable bonds is 30. The predicted octanol–water partition coefficient (Wildman–Crippen LogP) is 9.18. The maximum absolute atomic E-state index is 11.9. The Bertz CT molecular complexity index is 731. The maximum atomic E-state index is 11.9. The number of aliphatic hydroxyl groups excluding tert-OH is 2. The van der Waals surface area contributed by atoms with Crippen molar-refractivity contribution < 1.29 is 34.4 Å². The molecule has 250 valence electrons. The summed E-state index contributed by atoms with van der Waals surface area (Å²) in [4.78, 5) is 44.4. The fourth-order valence-corrected chi connectivity index (χ4v) is 4.83. The van der Waals surface area contributed by atoms with Gasteiger partial charge >= 0.3 is 11.9 Å². The molecule has 0 aromatic heterocycles. The second-order valence-corrected chi connectivity index (χ2v) is 11.9. The van der Waals surface area contributed by atoms with Gasteiger partial charge < -0.3 is 10.2 Å². The highest BCUT2D eigenvalue weighted by Crippen LogP contribution is 2.12. The van der Waals surface area contributed by atoms with E-state index in [4.69, 9.17) is 0 Å². The first-order chi connectivity index (χ1) is 20.9.